The number of ether oxygens (including phenoxy) is 2. The minimum absolute atomic E-state index is 0.0764. The fraction of sp³-hybridized carbons (Fsp3) is 0.353. The number of esters is 1. The molecule has 2 rings (SSSR count). The van der Waals surface area contributed by atoms with E-state index in [1.165, 1.54) is 0 Å². The molecule has 1 aliphatic rings. The lowest BCUT2D eigenvalue weighted by Gasteiger charge is -2.20. The second-order valence-electron chi connectivity index (χ2n) is 5.46. The zero-order chi connectivity index (χ0) is 19.5. The number of allylic oxidation sites excluding steroid dienone is 2. The summed E-state index contributed by atoms with van der Waals surface area (Å²) in [7, 11) is 0. The summed E-state index contributed by atoms with van der Waals surface area (Å²) in [6.07, 6.45) is -5.70. The van der Waals surface area contributed by atoms with E-state index >= 15 is 0 Å². The molecule has 0 radical (unpaired) electrons. The van der Waals surface area contributed by atoms with Gasteiger partial charge < -0.3 is 9.47 Å². The molecule has 5 nitrogen and oxygen atoms in total. The maximum Gasteiger partial charge on any atom is 0.573 e. The van der Waals surface area contributed by atoms with E-state index in [2.05, 4.69) is 4.74 Å². The Kier molecular flexibility index (Phi) is 5.79. The van der Waals surface area contributed by atoms with Gasteiger partial charge in [0.25, 0.3) is 0 Å². The number of hydrogen-bond donors (Lipinski definition) is 0. The molecule has 1 aromatic rings. The highest BCUT2D eigenvalue weighted by molar-refractivity contribution is 6.27. The van der Waals surface area contributed by atoms with Crippen LogP contribution in [0.4, 0.5) is 17.6 Å². The van der Waals surface area contributed by atoms with Crippen LogP contribution in [0.15, 0.2) is 35.7 Å². The van der Waals surface area contributed by atoms with Gasteiger partial charge in [-0.1, -0.05) is 0 Å². The molecule has 1 aromatic carbocycles. The van der Waals surface area contributed by atoms with Crippen molar-refractivity contribution in [1.29, 1.82) is 0 Å². The van der Waals surface area contributed by atoms with Gasteiger partial charge in [-0.05, 0) is 31.2 Å². The molecule has 0 heterocycles. The molecule has 0 aromatic heterocycles. The quantitative estimate of drug-likeness (QED) is 0.341. The lowest BCUT2D eigenvalue weighted by atomic mass is 9.84. The summed E-state index contributed by atoms with van der Waals surface area (Å²) in [5.41, 5.74) is -0.873. The third kappa shape index (κ3) is 4.68. The van der Waals surface area contributed by atoms with Gasteiger partial charge in [0.1, 0.15) is 11.6 Å². The molecule has 0 bridgehead atoms. The minimum Gasteiger partial charge on any atom is -0.466 e. The van der Waals surface area contributed by atoms with Gasteiger partial charge in [0.2, 0.25) is 0 Å². The van der Waals surface area contributed by atoms with Crippen LogP contribution in [-0.2, 0) is 14.3 Å². The van der Waals surface area contributed by atoms with Crippen LogP contribution in [0.1, 0.15) is 30.1 Å². The van der Waals surface area contributed by atoms with Crippen molar-refractivity contribution in [2.24, 2.45) is 5.92 Å². The predicted molar refractivity (Wildman–Crippen MR) is 80.0 cm³/mol. The van der Waals surface area contributed by atoms with Crippen LogP contribution in [-0.4, -0.2) is 30.5 Å². The smallest absolute Gasteiger partial charge is 0.466 e. The zero-order valence-electron chi connectivity index (χ0n) is 13.6. The molecule has 0 spiro atoms. The Morgan fingerprint density at radius 1 is 1.15 bits per heavy atom. The lowest BCUT2D eigenvalue weighted by Crippen LogP contribution is -2.29. The highest BCUT2D eigenvalue weighted by atomic mass is 19.4. The van der Waals surface area contributed by atoms with Gasteiger partial charge in [-0.3, -0.25) is 14.4 Å². The molecule has 0 fully saturated rings. The van der Waals surface area contributed by atoms with E-state index in [1.807, 2.05) is 0 Å². The maximum atomic E-state index is 14.2. The van der Waals surface area contributed by atoms with Crippen LogP contribution in [0.2, 0.25) is 0 Å². The van der Waals surface area contributed by atoms with E-state index in [0.717, 1.165) is 24.3 Å². The maximum absolute atomic E-state index is 14.2. The number of benzene rings is 1. The van der Waals surface area contributed by atoms with E-state index in [1.54, 1.807) is 6.92 Å². The van der Waals surface area contributed by atoms with Gasteiger partial charge >= 0.3 is 12.3 Å². The van der Waals surface area contributed by atoms with Gasteiger partial charge in [0.15, 0.2) is 11.6 Å². The molecule has 1 atom stereocenters. The first-order chi connectivity index (χ1) is 12.1. The summed E-state index contributed by atoms with van der Waals surface area (Å²) in [5.74, 6) is -5.14. The number of Topliss-reactive ketones (excluding diaryl/α,β-unsaturated/α-hetero) is 2. The second-order valence-corrected chi connectivity index (χ2v) is 5.46. The van der Waals surface area contributed by atoms with E-state index in [9.17, 15) is 31.9 Å². The molecular formula is C17H14F4O5. The topological polar surface area (TPSA) is 69.7 Å². The van der Waals surface area contributed by atoms with Crippen molar-refractivity contribution >= 4 is 17.5 Å². The van der Waals surface area contributed by atoms with Crippen molar-refractivity contribution in [3.05, 3.63) is 41.2 Å². The highest BCUT2D eigenvalue weighted by Gasteiger charge is 2.36. The summed E-state index contributed by atoms with van der Waals surface area (Å²) in [6.45, 7) is 1.64. The first-order valence-electron chi connectivity index (χ1n) is 7.61. The van der Waals surface area contributed by atoms with E-state index in [-0.39, 0.29) is 18.6 Å². The normalized spacial score (nSPS) is 17.9. The molecule has 1 unspecified atom stereocenters. The van der Waals surface area contributed by atoms with Crippen molar-refractivity contribution in [2.45, 2.75) is 26.1 Å². The number of hydrogen-bond acceptors (Lipinski definition) is 5. The van der Waals surface area contributed by atoms with Crippen LogP contribution in [0.3, 0.4) is 0 Å². The zero-order valence-corrected chi connectivity index (χ0v) is 13.6. The molecule has 0 saturated heterocycles. The Morgan fingerprint density at radius 3 is 2.27 bits per heavy atom. The number of carbonyl (C=O) groups is 3. The van der Waals surface area contributed by atoms with E-state index in [4.69, 9.17) is 4.74 Å². The Morgan fingerprint density at radius 2 is 1.77 bits per heavy atom. The van der Waals surface area contributed by atoms with Gasteiger partial charge in [-0.2, -0.15) is 0 Å². The third-order valence-electron chi connectivity index (χ3n) is 3.60. The fourth-order valence-corrected chi connectivity index (χ4v) is 2.50. The summed E-state index contributed by atoms with van der Waals surface area (Å²) in [4.78, 5) is 36.0. The minimum atomic E-state index is -4.89. The van der Waals surface area contributed by atoms with Gasteiger partial charge in [0, 0.05) is 18.4 Å². The van der Waals surface area contributed by atoms with Crippen LogP contribution >= 0.6 is 0 Å². The van der Waals surface area contributed by atoms with Crippen molar-refractivity contribution in [2.75, 3.05) is 6.61 Å². The number of ketones is 2. The van der Waals surface area contributed by atoms with Crippen LogP contribution in [0.5, 0.6) is 5.75 Å². The van der Waals surface area contributed by atoms with Crippen LogP contribution < -0.4 is 4.74 Å². The summed E-state index contributed by atoms with van der Waals surface area (Å²) >= 11 is 0. The summed E-state index contributed by atoms with van der Waals surface area (Å²) in [5, 5.41) is 0. The number of rotatable bonds is 5. The molecule has 0 aliphatic heterocycles. The summed E-state index contributed by atoms with van der Waals surface area (Å²) < 4.78 is 59.0. The van der Waals surface area contributed by atoms with Gasteiger partial charge in [-0.25, -0.2) is 4.39 Å². The van der Waals surface area contributed by atoms with Gasteiger partial charge in [0.05, 0.1) is 18.1 Å². The first kappa shape index (κ1) is 19.6. The van der Waals surface area contributed by atoms with Crippen molar-refractivity contribution < 1.29 is 41.4 Å². The number of carbonyl (C=O) groups excluding carboxylic acids is 3. The Bertz CT molecular complexity index is 749. The predicted octanol–water partition coefficient (Wildman–Crippen LogP) is 3.53. The lowest BCUT2D eigenvalue weighted by molar-refractivity contribution is -0.274. The van der Waals surface area contributed by atoms with Crippen molar-refractivity contribution in [3.63, 3.8) is 0 Å². The molecule has 0 saturated carbocycles. The van der Waals surface area contributed by atoms with Gasteiger partial charge in [-0.15, -0.1) is 13.2 Å². The van der Waals surface area contributed by atoms with Crippen molar-refractivity contribution in [1.82, 2.24) is 0 Å². The molecule has 1 aliphatic carbocycles. The molecule has 26 heavy (non-hydrogen) atoms. The fourth-order valence-electron chi connectivity index (χ4n) is 2.50. The van der Waals surface area contributed by atoms with E-state index < -0.39 is 53.4 Å². The molecule has 0 amide bonds. The monoisotopic (exact) mass is 374 g/mol. The average molecular weight is 374 g/mol. The Balaban J connectivity index is 2.19. The SMILES string of the molecule is CCOC(=O)C1CC(=O)C(C(=O)c2ccc(OC(F)(F)F)cc2)=C(F)C1. The Labute approximate surface area is 145 Å². The number of alkyl halides is 3. The molecule has 140 valence electrons. The molecular weight excluding hydrogens is 360 g/mol. The molecule has 0 N–H and O–H groups in total. The third-order valence-corrected chi connectivity index (χ3v) is 3.60. The standard InChI is InChI=1S/C17H14F4O5/c1-2-25-16(24)10-7-12(18)14(13(22)8-10)15(23)9-3-5-11(6-4-9)26-17(19,20)21/h3-6,10H,2,7-8H2,1H3. The van der Waals surface area contributed by atoms with Crippen LogP contribution in [0, 0.1) is 5.92 Å². The van der Waals surface area contributed by atoms with E-state index in [0.29, 0.717) is 0 Å². The van der Waals surface area contributed by atoms with Crippen LogP contribution in [0.25, 0.3) is 0 Å². The van der Waals surface area contributed by atoms with Crippen molar-refractivity contribution in [3.8, 4) is 5.75 Å². The highest BCUT2D eigenvalue weighted by Crippen LogP contribution is 2.31. The number of halogens is 4. The molecule has 9 heteroatoms. The second kappa shape index (κ2) is 7.67. The Hall–Kier alpha value is -2.71. The average Bonchev–Trinajstić information content (AvgIpc) is 2.53. The largest absolute Gasteiger partial charge is 0.573 e. The first-order valence-corrected chi connectivity index (χ1v) is 7.61. The summed E-state index contributed by atoms with van der Waals surface area (Å²) in [6, 6.07) is 3.75.